The largest absolute Gasteiger partial charge is 0.307 e. The van der Waals surface area contributed by atoms with Crippen LogP contribution in [0.15, 0.2) is 0 Å². The number of rotatable bonds is 2. The minimum atomic E-state index is 0. The molecule has 0 bridgehead atoms. The molecule has 0 spiro atoms. The number of carbonyl (C=O) groups is 1. The third-order valence-corrected chi connectivity index (χ3v) is 1.97. The lowest BCUT2D eigenvalue weighted by Crippen LogP contribution is -2.33. The zero-order valence-corrected chi connectivity index (χ0v) is 7.09. The quantitative estimate of drug-likeness (QED) is 0.666. The first kappa shape index (κ1) is 10.6. The van der Waals surface area contributed by atoms with Gasteiger partial charge in [-0.1, -0.05) is 13.8 Å². The number of nitrogens with one attached hydrogen (secondary N) is 1. The number of hydrogen-bond donors (Lipinski definition) is 1. The fraction of sp³-hybridized carbons (Fsp3) is 0.875. The van der Waals surface area contributed by atoms with Crippen LogP contribution in [0.2, 0.25) is 0 Å². The topological polar surface area (TPSA) is 29.1 Å². The van der Waals surface area contributed by atoms with E-state index in [4.69, 9.17) is 0 Å². The molecule has 68 valence electrons. The zero-order chi connectivity index (χ0) is 7.56. The molecule has 0 amide bonds. The van der Waals surface area contributed by atoms with Crippen LogP contribution in [0.25, 0.3) is 0 Å². The molecule has 0 saturated carbocycles. The van der Waals surface area contributed by atoms with Crippen LogP contribution in [0.3, 0.4) is 0 Å². The Morgan fingerprint density at radius 2 is 2.27 bits per heavy atom. The molecule has 1 heterocycles. The van der Waals surface area contributed by atoms with Gasteiger partial charge in [0.25, 0.3) is 0 Å². The molecule has 2 nitrogen and oxygen atoms in total. The predicted molar refractivity (Wildman–Crippen MR) is 45.5 cm³/mol. The smallest absolute Gasteiger partial charge is 0.152 e. The number of Topliss-reactive ketones (excluding diaryl/α,β-unsaturated/α-hetero) is 1. The monoisotopic (exact) mass is 163 g/mol. The van der Waals surface area contributed by atoms with Crippen LogP contribution in [0.5, 0.6) is 0 Å². The van der Waals surface area contributed by atoms with Crippen molar-refractivity contribution in [2.75, 3.05) is 6.54 Å². The Bertz CT molecular complexity index is 135. The van der Waals surface area contributed by atoms with Crippen molar-refractivity contribution >= 4 is 5.78 Å². The molecule has 0 radical (unpaired) electrons. The maximum atomic E-state index is 11.3. The third-order valence-electron chi connectivity index (χ3n) is 1.97. The van der Waals surface area contributed by atoms with Gasteiger partial charge >= 0.3 is 0 Å². The van der Waals surface area contributed by atoms with E-state index in [1.807, 2.05) is 13.8 Å². The van der Waals surface area contributed by atoms with Crippen LogP contribution >= 0.6 is 0 Å². The summed E-state index contributed by atoms with van der Waals surface area (Å²) in [6.45, 7) is 4.94. The van der Waals surface area contributed by atoms with Gasteiger partial charge in [-0.3, -0.25) is 9.50 Å². The second-order valence-electron chi connectivity index (χ2n) is 3.21. The summed E-state index contributed by atoms with van der Waals surface area (Å²) in [7, 11) is 0. The van der Waals surface area contributed by atoms with Crippen molar-refractivity contribution in [1.82, 2.24) is 5.32 Å². The van der Waals surface area contributed by atoms with E-state index < -0.39 is 0 Å². The fourth-order valence-corrected chi connectivity index (χ4v) is 1.33. The highest BCUT2D eigenvalue weighted by atomic mass is 19.0. The van der Waals surface area contributed by atoms with Crippen molar-refractivity contribution in [2.45, 2.75) is 32.7 Å². The van der Waals surface area contributed by atoms with E-state index in [9.17, 15) is 4.79 Å². The van der Waals surface area contributed by atoms with Crippen LogP contribution in [0.4, 0.5) is 4.70 Å². The highest BCUT2D eigenvalue weighted by Gasteiger charge is 2.23. The Hall–Kier alpha value is -0.440. The second kappa shape index (κ2) is 4.44. The van der Waals surface area contributed by atoms with E-state index in [0.29, 0.717) is 5.78 Å². The Labute approximate surface area is 68.2 Å². The van der Waals surface area contributed by atoms with E-state index in [1.54, 1.807) is 0 Å². The predicted octanol–water partition coefficient (Wildman–Crippen LogP) is 1.36. The molecule has 0 aromatic rings. The Morgan fingerprint density at radius 3 is 2.64 bits per heavy atom. The van der Waals surface area contributed by atoms with Crippen molar-refractivity contribution in [3.63, 3.8) is 0 Å². The van der Waals surface area contributed by atoms with E-state index in [0.717, 1.165) is 19.4 Å². The lowest BCUT2D eigenvalue weighted by molar-refractivity contribution is -0.123. The van der Waals surface area contributed by atoms with Crippen molar-refractivity contribution in [2.24, 2.45) is 5.92 Å². The first-order valence-corrected chi connectivity index (χ1v) is 3.99. The van der Waals surface area contributed by atoms with Gasteiger partial charge in [0.05, 0.1) is 6.04 Å². The average Bonchev–Trinajstić information content (AvgIpc) is 2.36. The first-order chi connectivity index (χ1) is 4.72. The van der Waals surface area contributed by atoms with Crippen LogP contribution < -0.4 is 5.32 Å². The van der Waals surface area contributed by atoms with Gasteiger partial charge in [-0.05, 0) is 19.4 Å². The van der Waals surface area contributed by atoms with Gasteiger partial charge in [-0.25, -0.2) is 0 Å². The van der Waals surface area contributed by atoms with Gasteiger partial charge in [0, 0.05) is 7.34 Å². The molecule has 1 aliphatic rings. The number of carbonyl (C=O) groups excluding carboxylic acids is 1. The molecule has 3 heteroatoms. The minimum absolute atomic E-state index is 0. The molecule has 0 aliphatic carbocycles. The normalized spacial score (nSPS) is 23.4. The van der Waals surface area contributed by atoms with Crippen molar-refractivity contribution in [1.29, 1.82) is 0 Å². The summed E-state index contributed by atoms with van der Waals surface area (Å²) in [5.41, 5.74) is 0. The Morgan fingerprint density at radius 1 is 1.64 bits per heavy atom. The molecule has 1 N–H and O–H groups in total. The van der Waals surface area contributed by atoms with Crippen LogP contribution in [-0.4, -0.2) is 18.4 Å². The molecule has 1 saturated heterocycles. The minimum Gasteiger partial charge on any atom is -0.307 e. The molecule has 0 aromatic heterocycles. The van der Waals surface area contributed by atoms with E-state index in [-0.39, 0.29) is 18.1 Å². The molecule has 11 heavy (non-hydrogen) atoms. The molecular weight excluding hydrogens is 145 g/mol. The maximum absolute atomic E-state index is 11.3. The maximum Gasteiger partial charge on any atom is 0.152 e. The van der Waals surface area contributed by atoms with Crippen LogP contribution in [0.1, 0.15) is 28.1 Å². The van der Waals surface area contributed by atoms with Crippen molar-refractivity contribution < 1.29 is 10.9 Å². The van der Waals surface area contributed by atoms with Gasteiger partial charge in [0.2, 0.25) is 0 Å². The fourth-order valence-electron chi connectivity index (χ4n) is 1.33. The molecule has 0 unspecified atom stereocenters. The molecule has 1 rings (SSSR count). The van der Waals surface area contributed by atoms with E-state index in [1.165, 1.54) is 0 Å². The van der Waals surface area contributed by atoms with Crippen LogP contribution in [-0.2, 0) is 4.79 Å². The molecule has 1 atom stereocenters. The van der Waals surface area contributed by atoms with Gasteiger partial charge < -0.3 is 5.32 Å². The molecular formula is C8H18FNO. The van der Waals surface area contributed by atoms with E-state index >= 15 is 0 Å². The standard InChI is InChI=1S/C8H15NO.FH.H2/c1-6(2)8(10)7-4-3-5-9-7;;/h6-7,9H,3-5H2,1-2H3;2*1H/t7-;;/m0../s1. The van der Waals surface area contributed by atoms with Gasteiger partial charge in [-0.15, -0.1) is 0 Å². The summed E-state index contributed by atoms with van der Waals surface area (Å²) in [6, 6.07) is 0.167. The van der Waals surface area contributed by atoms with Crippen molar-refractivity contribution in [3.8, 4) is 0 Å². The summed E-state index contributed by atoms with van der Waals surface area (Å²) in [5, 5.41) is 3.19. The second-order valence-corrected chi connectivity index (χ2v) is 3.21. The lowest BCUT2D eigenvalue weighted by Gasteiger charge is -2.10. The zero-order valence-electron chi connectivity index (χ0n) is 7.09. The summed E-state index contributed by atoms with van der Waals surface area (Å²) >= 11 is 0. The average molecular weight is 163 g/mol. The highest BCUT2D eigenvalue weighted by molar-refractivity contribution is 5.85. The third kappa shape index (κ3) is 2.58. The van der Waals surface area contributed by atoms with E-state index in [2.05, 4.69) is 5.32 Å². The van der Waals surface area contributed by atoms with Crippen molar-refractivity contribution in [3.05, 3.63) is 0 Å². The van der Waals surface area contributed by atoms with Gasteiger partial charge in [-0.2, -0.15) is 0 Å². The number of halogens is 1. The number of hydrogen-bond acceptors (Lipinski definition) is 2. The molecule has 0 aromatic carbocycles. The van der Waals surface area contributed by atoms with Crippen LogP contribution in [0, 0.1) is 5.92 Å². The SMILES string of the molecule is CC(C)C(=O)[C@@H]1CCCN1.F.[HH]. The summed E-state index contributed by atoms with van der Waals surface area (Å²) < 4.78 is 0. The summed E-state index contributed by atoms with van der Waals surface area (Å²) in [5.74, 6) is 0.563. The molecule has 1 fully saturated rings. The highest BCUT2D eigenvalue weighted by Crippen LogP contribution is 2.10. The Kier molecular flexibility index (Phi) is 4.26. The van der Waals surface area contributed by atoms with Gasteiger partial charge in [0.15, 0.2) is 5.78 Å². The molecule has 1 aliphatic heterocycles. The summed E-state index contributed by atoms with van der Waals surface area (Å²) in [4.78, 5) is 11.3. The van der Waals surface area contributed by atoms with Gasteiger partial charge in [0.1, 0.15) is 0 Å². The Balaban J connectivity index is 0. The summed E-state index contributed by atoms with van der Waals surface area (Å²) in [6.07, 6.45) is 2.19. The number of ketones is 1. The lowest BCUT2D eigenvalue weighted by atomic mass is 10.0. The first-order valence-electron chi connectivity index (χ1n) is 3.99.